The third kappa shape index (κ3) is 6.89. The molecule has 0 aliphatic rings. The van der Waals surface area contributed by atoms with Crippen molar-refractivity contribution in [3.8, 4) is 5.75 Å². The molecule has 24 heavy (non-hydrogen) atoms. The molecule has 2 amide bonds. The maximum absolute atomic E-state index is 12.2. The predicted octanol–water partition coefficient (Wildman–Crippen LogP) is 2.66. The van der Waals surface area contributed by atoms with Crippen LogP contribution in [0.2, 0.25) is 0 Å². The van der Waals surface area contributed by atoms with E-state index in [-0.39, 0.29) is 11.9 Å². The molecule has 0 bridgehead atoms. The Morgan fingerprint density at radius 1 is 1.12 bits per heavy atom. The number of carbonyl (C=O) groups is 2. The molecule has 6 nitrogen and oxygen atoms in total. The van der Waals surface area contributed by atoms with E-state index < -0.39 is 17.7 Å². The minimum absolute atomic E-state index is 0.100. The van der Waals surface area contributed by atoms with E-state index in [0.717, 1.165) is 11.3 Å². The summed E-state index contributed by atoms with van der Waals surface area (Å²) in [5.41, 5.74) is 0.415. The number of alkyl carbamates (subject to hydrolysis) is 1. The minimum atomic E-state index is -0.681. The Labute approximate surface area is 143 Å². The Morgan fingerprint density at radius 2 is 1.75 bits per heavy atom. The highest BCUT2D eigenvalue weighted by Crippen LogP contribution is 2.18. The van der Waals surface area contributed by atoms with Crippen molar-refractivity contribution in [2.75, 3.05) is 7.11 Å². The molecule has 0 fully saturated rings. The van der Waals surface area contributed by atoms with Gasteiger partial charge in [-0.1, -0.05) is 18.2 Å². The number of carbonyl (C=O) groups excluding carboxylic acids is 2. The number of hydrogen-bond donors (Lipinski definition) is 2. The van der Waals surface area contributed by atoms with Crippen LogP contribution in [0.3, 0.4) is 0 Å². The van der Waals surface area contributed by atoms with Gasteiger partial charge in [0.05, 0.1) is 7.11 Å². The Bertz CT molecular complexity index is 566. The first-order valence-corrected chi connectivity index (χ1v) is 8.04. The minimum Gasteiger partial charge on any atom is -0.496 e. The van der Waals surface area contributed by atoms with Crippen molar-refractivity contribution in [1.29, 1.82) is 0 Å². The third-order valence-electron chi connectivity index (χ3n) is 3.23. The number of amides is 2. The lowest BCUT2D eigenvalue weighted by Crippen LogP contribution is -2.49. The Kier molecular flexibility index (Phi) is 7.07. The SMILES string of the molecule is COc1ccccc1C[C@H](C)NC(=O)[C@@H](C)NC(=O)OC(C)(C)C. The van der Waals surface area contributed by atoms with Crippen molar-refractivity contribution in [1.82, 2.24) is 10.6 Å². The fraction of sp³-hybridized carbons (Fsp3) is 0.556. The second kappa shape index (κ2) is 8.57. The number of nitrogens with one attached hydrogen (secondary N) is 2. The number of benzene rings is 1. The van der Waals surface area contributed by atoms with Gasteiger partial charge < -0.3 is 20.1 Å². The monoisotopic (exact) mass is 336 g/mol. The molecule has 0 radical (unpaired) electrons. The van der Waals surface area contributed by atoms with Crippen LogP contribution in [0.5, 0.6) is 5.75 Å². The van der Waals surface area contributed by atoms with E-state index in [1.165, 1.54) is 0 Å². The topological polar surface area (TPSA) is 76.7 Å². The van der Waals surface area contributed by atoms with E-state index in [9.17, 15) is 9.59 Å². The van der Waals surface area contributed by atoms with E-state index in [2.05, 4.69) is 10.6 Å². The van der Waals surface area contributed by atoms with Gasteiger partial charge >= 0.3 is 6.09 Å². The van der Waals surface area contributed by atoms with Crippen LogP contribution in [0.1, 0.15) is 40.2 Å². The molecule has 0 saturated heterocycles. The lowest BCUT2D eigenvalue weighted by atomic mass is 10.1. The van der Waals surface area contributed by atoms with Crippen molar-refractivity contribution in [2.45, 2.75) is 58.7 Å². The maximum atomic E-state index is 12.2. The summed E-state index contributed by atoms with van der Waals surface area (Å²) in [7, 11) is 1.62. The molecule has 0 unspecified atom stereocenters. The van der Waals surface area contributed by atoms with Crippen LogP contribution in [-0.2, 0) is 16.0 Å². The maximum Gasteiger partial charge on any atom is 0.408 e. The fourth-order valence-electron chi connectivity index (χ4n) is 2.17. The second-order valence-corrected chi connectivity index (χ2v) is 6.79. The van der Waals surface area contributed by atoms with Crippen LogP contribution in [0, 0.1) is 0 Å². The summed E-state index contributed by atoms with van der Waals surface area (Å²) in [4.78, 5) is 23.9. The first-order valence-electron chi connectivity index (χ1n) is 8.04. The second-order valence-electron chi connectivity index (χ2n) is 6.79. The van der Waals surface area contributed by atoms with Crippen molar-refractivity contribution in [3.05, 3.63) is 29.8 Å². The smallest absolute Gasteiger partial charge is 0.408 e. The Hall–Kier alpha value is -2.24. The molecule has 1 aromatic rings. The van der Waals surface area contributed by atoms with Gasteiger partial charge in [-0.25, -0.2) is 4.79 Å². The third-order valence-corrected chi connectivity index (χ3v) is 3.23. The molecule has 0 saturated carbocycles. The summed E-state index contributed by atoms with van der Waals surface area (Å²) >= 11 is 0. The Balaban J connectivity index is 2.52. The summed E-state index contributed by atoms with van der Waals surface area (Å²) < 4.78 is 10.5. The lowest BCUT2D eigenvalue weighted by Gasteiger charge is -2.23. The number of ether oxygens (including phenoxy) is 2. The summed E-state index contributed by atoms with van der Waals surface area (Å²) in [6.45, 7) is 8.84. The van der Waals surface area contributed by atoms with Gasteiger partial charge in [0.25, 0.3) is 0 Å². The van der Waals surface area contributed by atoms with Gasteiger partial charge in [0.2, 0.25) is 5.91 Å². The molecule has 0 aliphatic carbocycles. The van der Waals surface area contributed by atoms with Crippen LogP contribution < -0.4 is 15.4 Å². The summed E-state index contributed by atoms with van der Waals surface area (Å²) in [5, 5.41) is 5.41. The molecule has 2 atom stereocenters. The van der Waals surface area contributed by atoms with Crippen LogP contribution in [-0.4, -0.2) is 36.8 Å². The van der Waals surface area contributed by atoms with E-state index >= 15 is 0 Å². The summed E-state index contributed by atoms with van der Waals surface area (Å²) in [5.74, 6) is 0.529. The molecule has 0 spiro atoms. The number of methoxy groups -OCH3 is 1. The summed E-state index contributed by atoms with van der Waals surface area (Å²) in [6, 6.07) is 6.90. The van der Waals surface area contributed by atoms with Crippen LogP contribution >= 0.6 is 0 Å². The standard InChI is InChI=1S/C18H28N2O4/c1-12(11-14-9-7-8-10-15(14)23-6)19-16(21)13(2)20-17(22)24-18(3,4)5/h7-10,12-13H,11H2,1-6H3,(H,19,21)(H,20,22)/t12-,13+/m0/s1. The zero-order valence-corrected chi connectivity index (χ0v) is 15.3. The highest BCUT2D eigenvalue weighted by atomic mass is 16.6. The molecular weight excluding hydrogens is 308 g/mol. The molecule has 0 heterocycles. The molecule has 2 N–H and O–H groups in total. The quantitative estimate of drug-likeness (QED) is 0.837. The highest BCUT2D eigenvalue weighted by Gasteiger charge is 2.22. The van der Waals surface area contributed by atoms with Gasteiger partial charge in [-0.2, -0.15) is 0 Å². The van der Waals surface area contributed by atoms with Crippen molar-refractivity contribution < 1.29 is 19.1 Å². The number of para-hydroxylation sites is 1. The predicted molar refractivity (Wildman–Crippen MR) is 93.1 cm³/mol. The van der Waals surface area contributed by atoms with E-state index in [4.69, 9.17) is 9.47 Å². The van der Waals surface area contributed by atoms with Crippen molar-refractivity contribution in [2.24, 2.45) is 0 Å². The van der Waals surface area contributed by atoms with Gasteiger partial charge in [-0.05, 0) is 52.7 Å². The average Bonchev–Trinajstić information content (AvgIpc) is 2.45. The van der Waals surface area contributed by atoms with E-state index in [1.807, 2.05) is 31.2 Å². The largest absolute Gasteiger partial charge is 0.496 e. The average molecular weight is 336 g/mol. The van der Waals surface area contributed by atoms with Gasteiger partial charge in [0.1, 0.15) is 17.4 Å². The summed E-state index contributed by atoms with van der Waals surface area (Å²) in [6.07, 6.45) is 0.0251. The molecule has 1 rings (SSSR count). The zero-order chi connectivity index (χ0) is 18.3. The van der Waals surface area contributed by atoms with Crippen LogP contribution in [0.25, 0.3) is 0 Å². The molecule has 134 valence electrons. The first kappa shape index (κ1) is 19.8. The fourth-order valence-corrected chi connectivity index (χ4v) is 2.17. The van der Waals surface area contributed by atoms with Crippen LogP contribution in [0.15, 0.2) is 24.3 Å². The molecule has 6 heteroatoms. The van der Waals surface area contributed by atoms with Crippen molar-refractivity contribution in [3.63, 3.8) is 0 Å². The van der Waals surface area contributed by atoms with Gasteiger partial charge in [-0.3, -0.25) is 4.79 Å². The molecule has 1 aromatic carbocycles. The normalized spacial score (nSPS) is 13.6. The van der Waals surface area contributed by atoms with Gasteiger partial charge in [-0.15, -0.1) is 0 Å². The zero-order valence-electron chi connectivity index (χ0n) is 15.3. The lowest BCUT2D eigenvalue weighted by molar-refractivity contribution is -0.123. The number of rotatable bonds is 6. The number of hydrogen-bond acceptors (Lipinski definition) is 4. The van der Waals surface area contributed by atoms with Gasteiger partial charge in [0, 0.05) is 6.04 Å². The first-order chi connectivity index (χ1) is 11.1. The molecule has 0 aromatic heterocycles. The molecule has 0 aliphatic heterocycles. The van der Waals surface area contributed by atoms with Crippen molar-refractivity contribution >= 4 is 12.0 Å². The van der Waals surface area contributed by atoms with E-state index in [1.54, 1.807) is 34.8 Å². The van der Waals surface area contributed by atoms with Gasteiger partial charge in [0.15, 0.2) is 0 Å². The molecular formula is C18H28N2O4. The van der Waals surface area contributed by atoms with E-state index in [0.29, 0.717) is 6.42 Å². The van der Waals surface area contributed by atoms with Crippen LogP contribution in [0.4, 0.5) is 4.79 Å². The highest BCUT2D eigenvalue weighted by molar-refractivity contribution is 5.85. The Morgan fingerprint density at radius 3 is 2.33 bits per heavy atom.